The summed E-state index contributed by atoms with van der Waals surface area (Å²) in [6, 6.07) is 3.09. The molecule has 0 heterocycles. The second-order valence-corrected chi connectivity index (χ2v) is 7.38. The fourth-order valence-electron chi connectivity index (χ4n) is 2.57. The summed E-state index contributed by atoms with van der Waals surface area (Å²) in [4.78, 5) is 15.7. The molecular weight excluding hydrogens is 302 g/mol. The zero-order valence-corrected chi connectivity index (χ0v) is 13.4. The van der Waals surface area contributed by atoms with Gasteiger partial charge in [-0.15, -0.1) is 0 Å². The zero-order valence-electron chi connectivity index (χ0n) is 12.6. The van der Waals surface area contributed by atoms with Crippen molar-refractivity contribution < 1.29 is 13.2 Å². The van der Waals surface area contributed by atoms with Crippen LogP contribution in [-0.4, -0.2) is 26.5 Å². The van der Waals surface area contributed by atoms with E-state index < -0.39 is 15.7 Å². The Morgan fingerprint density at radius 1 is 1.27 bits per heavy atom. The fourth-order valence-corrected chi connectivity index (χ4v) is 3.49. The van der Waals surface area contributed by atoms with Crippen molar-refractivity contribution in [3.63, 3.8) is 0 Å². The van der Waals surface area contributed by atoms with Crippen LogP contribution in [0.3, 0.4) is 0 Å². The number of aliphatic imine (C=N–C) groups is 1. The number of nitrogens with two attached hydrogens (primary N) is 2. The molecule has 1 aromatic rings. The number of amides is 1. The first-order chi connectivity index (χ1) is 10.2. The number of guanidine groups is 1. The maximum absolute atomic E-state index is 12.1. The van der Waals surface area contributed by atoms with Crippen molar-refractivity contribution in [3.8, 4) is 0 Å². The molecular formula is C15H19N3O3S. The van der Waals surface area contributed by atoms with Gasteiger partial charge in [-0.25, -0.2) is 8.42 Å². The number of hydrogen-bond acceptors (Lipinski definition) is 3. The van der Waals surface area contributed by atoms with E-state index in [9.17, 15) is 13.2 Å². The first-order valence-corrected chi connectivity index (χ1v) is 8.77. The largest absolute Gasteiger partial charge is 0.370 e. The van der Waals surface area contributed by atoms with Crippen molar-refractivity contribution in [2.75, 3.05) is 6.26 Å². The molecule has 0 saturated carbocycles. The molecule has 0 bridgehead atoms. The summed E-state index contributed by atoms with van der Waals surface area (Å²) in [6.45, 7) is 1.74. The molecule has 118 valence electrons. The second kappa shape index (κ2) is 5.92. The van der Waals surface area contributed by atoms with Crippen LogP contribution >= 0.6 is 0 Å². The lowest BCUT2D eigenvalue weighted by molar-refractivity contribution is 0.100. The Labute approximate surface area is 129 Å². The van der Waals surface area contributed by atoms with E-state index in [0.29, 0.717) is 11.1 Å². The van der Waals surface area contributed by atoms with Gasteiger partial charge in [-0.05, 0) is 55.0 Å². The number of carbonyl (C=O) groups excluding carboxylic acids is 1. The van der Waals surface area contributed by atoms with Crippen molar-refractivity contribution in [2.24, 2.45) is 16.5 Å². The van der Waals surface area contributed by atoms with Crippen LogP contribution in [0.2, 0.25) is 0 Å². The molecule has 6 nitrogen and oxygen atoms in total. The molecule has 0 aromatic heterocycles. The average molecular weight is 321 g/mol. The smallest absolute Gasteiger partial charge is 0.280 e. The van der Waals surface area contributed by atoms with Gasteiger partial charge >= 0.3 is 0 Å². The third kappa shape index (κ3) is 3.36. The quantitative estimate of drug-likeness (QED) is 0.644. The van der Waals surface area contributed by atoms with E-state index in [0.717, 1.165) is 31.1 Å². The van der Waals surface area contributed by atoms with Gasteiger partial charge in [0.05, 0.1) is 4.90 Å². The van der Waals surface area contributed by atoms with E-state index in [-0.39, 0.29) is 16.4 Å². The van der Waals surface area contributed by atoms with Crippen LogP contribution in [-0.2, 0) is 9.84 Å². The Bertz CT molecular complexity index is 788. The third-order valence-corrected chi connectivity index (χ3v) is 4.71. The zero-order chi connectivity index (χ0) is 16.5. The van der Waals surface area contributed by atoms with Crippen LogP contribution in [0.15, 0.2) is 28.1 Å². The van der Waals surface area contributed by atoms with Gasteiger partial charge in [0.25, 0.3) is 5.91 Å². The molecule has 0 fully saturated rings. The normalized spacial score (nSPS) is 14.5. The Kier molecular flexibility index (Phi) is 4.37. The van der Waals surface area contributed by atoms with E-state index in [1.165, 1.54) is 6.07 Å². The van der Waals surface area contributed by atoms with Gasteiger partial charge in [0.15, 0.2) is 15.8 Å². The first-order valence-electron chi connectivity index (χ1n) is 6.88. The van der Waals surface area contributed by atoms with Crippen molar-refractivity contribution >= 4 is 27.3 Å². The van der Waals surface area contributed by atoms with Gasteiger partial charge in [-0.2, -0.15) is 4.99 Å². The van der Waals surface area contributed by atoms with Crippen molar-refractivity contribution in [1.82, 2.24) is 0 Å². The van der Waals surface area contributed by atoms with E-state index in [4.69, 9.17) is 11.5 Å². The van der Waals surface area contributed by atoms with Gasteiger partial charge in [0.2, 0.25) is 0 Å². The van der Waals surface area contributed by atoms with Gasteiger partial charge in [-0.3, -0.25) is 4.79 Å². The van der Waals surface area contributed by atoms with Crippen molar-refractivity contribution in [2.45, 2.75) is 31.1 Å². The Morgan fingerprint density at radius 3 is 2.45 bits per heavy atom. The van der Waals surface area contributed by atoms with Crippen LogP contribution in [0.25, 0.3) is 5.57 Å². The van der Waals surface area contributed by atoms with Crippen LogP contribution in [0.1, 0.15) is 40.7 Å². The Morgan fingerprint density at radius 2 is 1.95 bits per heavy atom. The number of nitrogens with zero attached hydrogens (tertiary/aromatic N) is 1. The number of rotatable bonds is 3. The first kappa shape index (κ1) is 16.2. The molecule has 0 radical (unpaired) electrons. The summed E-state index contributed by atoms with van der Waals surface area (Å²) >= 11 is 0. The molecule has 22 heavy (non-hydrogen) atoms. The summed E-state index contributed by atoms with van der Waals surface area (Å²) in [5, 5.41) is 0. The topological polar surface area (TPSA) is 116 Å². The fraction of sp³-hybridized carbons (Fsp3) is 0.333. The minimum Gasteiger partial charge on any atom is -0.370 e. The Balaban J connectivity index is 2.67. The summed E-state index contributed by atoms with van der Waals surface area (Å²) in [6.07, 6.45) is 5.95. The van der Waals surface area contributed by atoms with Gasteiger partial charge in [0, 0.05) is 11.8 Å². The highest BCUT2D eigenvalue weighted by atomic mass is 32.2. The maximum Gasteiger partial charge on any atom is 0.280 e. The number of carbonyl (C=O) groups is 1. The molecule has 0 unspecified atom stereocenters. The van der Waals surface area contributed by atoms with Gasteiger partial charge < -0.3 is 11.5 Å². The van der Waals surface area contributed by atoms with Crippen LogP contribution < -0.4 is 11.5 Å². The van der Waals surface area contributed by atoms with Crippen molar-refractivity contribution in [3.05, 3.63) is 34.9 Å². The molecule has 0 spiro atoms. The molecule has 1 aliphatic carbocycles. The molecule has 1 aromatic carbocycles. The molecule has 2 rings (SSSR count). The molecule has 0 aliphatic heterocycles. The lowest BCUT2D eigenvalue weighted by Gasteiger charge is -2.13. The molecule has 7 heteroatoms. The monoisotopic (exact) mass is 321 g/mol. The lowest BCUT2D eigenvalue weighted by Crippen LogP contribution is -2.24. The molecule has 1 amide bonds. The molecule has 0 atom stereocenters. The van der Waals surface area contributed by atoms with Crippen molar-refractivity contribution in [1.29, 1.82) is 0 Å². The van der Waals surface area contributed by atoms with E-state index >= 15 is 0 Å². The summed E-state index contributed by atoms with van der Waals surface area (Å²) in [7, 11) is -3.48. The number of aryl methyl sites for hydroxylation is 1. The number of sulfone groups is 1. The molecule has 4 N–H and O–H groups in total. The summed E-state index contributed by atoms with van der Waals surface area (Å²) < 4.78 is 24.2. The highest BCUT2D eigenvalue weighted by Gasteiger charge is 2.22. The molecule has 0 saturated heterocycles. The third-order valence-electron chi connectivity index (χ3n) is 3.57. The predicted octanol–water partition coefficient (Wildman–Crippen LogP) is 1.38. The summed E-state index contributed by atoms with van der Waals surface area (Å²) in [5.41, 5.74) is 12.9. The van der Waals surface area contributed by atoms with E-state index in [2.05, 4.69) is 4.99 Å². The van der Waals surface area contributed by atoms with Gasteiger partial charge in [0.1, 0.15) is 0 Å². The van der Waals surface area contributed by atoms with E-state index in [1.54, 1.807) is 13.0 Å². The molecule has 1 aliphatic rings. The summed E-state index contributed by atoms with van der Waals surface area (Å²) in [5.74, 6) is -0.998. The van der Waals surface area contributed by atoms with Crippen LogP contribution in [0.4, 0.5) is 0 Å². The Hall–Kier alpha value is -2.15. The van der Waals surface area contributed by atoms with Crippen LogP contribution in [0.5, 0.6) is 0 Å². The van der Waals surface area contributed by atoms with Crippen LogP contribution in [0, 0.1) is 6.92 Å². The van der Waals surface area contributed by atoms with E-state index in [1.807, 2.05) is 6.08 Å². The average Bonchev–Trinajstić information content (AvgIpc) is 2.89. The maximum atomic E-state index is 12.1. The highest BCUT2D eigenvalue weighted by molar-refractivity contribution is 7.90. The predicted molar refractivity (Wildman–Crippen MR) is 86.3 cm³/mol. The minimum atomic E-state index is -3.48. The highest BCUT2D eigenvalue weighted by Crippen LogP contribution is 2.34. The van der Waals surface area contributed by atoms with Gasteiger partial charge in [-0.1, -0.05) is 6.08 Å². The number of allylic oxidation sites excluding steroid dienone is 2. The lowest BCUT2D eigenvalue weighted by atomic mass is 9.99. The SMILES string of the molecule is Cc1cc(C2=CCCC2)c(S(C)(=O)=O)cc1C(=O)N=C(N)N. The standard InChI is InChI=1S/C15H19N3O3S/c1-9-7-12(10-5-3-4-6-10)13(22(2,20)21)8-11(9)14(19)18-15(16)17/h5,7-8H,3-4,6H2,1-2H3,(H4,16,17,18,19). The number of hydrogen-bond donors (Lipinski definition) is 2. The number of benzene rings is 1. The minimum absolute atomic E-state index is 0.139. The second-order valence-electron chi connectivity index (χ2n) is 5.40.